The molecular formula is C18H18O4. The number of allylic oxidation sites excluding steroid dienone is 1. The van der Waals surface area contributed by atoms with Gasteiger partial charge in [0, 0.05) is 5.56 Å². The van der Waals surface area contributed by atoms with Crippen molar-refractivity contribution in [2.75, 3.05) is 21.3 Å². The van der Waals surface area contributed by atoms with Crippen LogP contribution in [0.25, 0.3) is 6.08 Å². The fourth-order valence-corrected chi connectivity index (χ4v) is 2.07. The first-order chi connectivity index (χ1) is 10.7. The lowest BCUT2D eigenvalue weighted by Gasteiger charge is -2.08. The Morgan fingerprint density at radius 2 is 1.64 bits per heavy atom. The molecule has 0 spiro atoms. The first-order valence-electron chi connectivity index (χ1n) is 6.77. The minimum absolute atomic E-state index is 0.165. The average molecular weight is 298 g/mol. The third kappa shape index (κ3) is 3.47. The van der Waals surface area contributed by atoms with Crippen LogP contribution in [-0.4, -0.2) is 27.1 Å². The van der Waals surface area contributed by atoms with Gasteiger partial charge in [-0.15, -0.1) is 0 Å². The zero-order chi connectivity index (χ0) is 15.9. The van der Waals surface area contributed by atoms with Crippen molar-refractivity contribution in [3.05, 3.63) is 59.7 Å². The maximum absolute atomic E-state index is 12.4. The number of rotatable bonds is 6. The van der Waals surface area contributed by atoms with Gasteiger partial charge >= 0.3 is 0 Å². The topological polar surface area (TPSA) is 44.8 Å². The van der Waals surface area contributed by atoms with Crippen LogP contribution in [0.1, 0.15) is 15.9 Å². The Bertz CT molecular complexity index is 689. The molecule has 0 aromatic heterocycles. The van der Waals surface area contributed by atoms with E-state index in [9.17, 15) is 4.79 Å². The molecule has 114 valence electrons. The van der Waals surface area contributed by atoms with Gasteiger partial charge in [-0.1, -0.05) is 18.2 Å². The van der Waals surface area contributed by atoms with E-state index in [2.05, 4.69) is 0 Å². The molecule has 0 bridgehead atoms. The molecule has 4 heteroatoms. The summed E-state index contributed by atoms with van der Waals surface area (Å²) < 4.78 is 15.6. The van der Waals surface area contributed by atoms with Gasteiger partial charge in [-0.05, 0) is 36.4 Å². The quantitative estimate of drug-likeness (QED) is 0.603. The van der Waals surface area contributed by atoms with E-state index >= 15 is 0 Å². The zero-order valence-electron chi connectivity index (χ0n) is 12.8. The summed E-state index contributed by atoms with van der Waals surface area (Å²) in [6.45, 7) is 0. The lowest BCUT2D eigenvalue weighted by atomic mass is 10.1. The molecule has 0 N–H and O–H groups in total. The Hall–Kier alpha value is -2.75. The second-order valence-corrected chi connectivity index (χ2v) is 4.51. The number of para-hydroxylation sites is 1. The van der Waals surface area contributed by atoms with Crippen LogP contribution in [0.4, 0.5) is 0 Å². The van der Waals surface area contributed by atoms with Crippen molar-refractivity contribution in [1.82, 2.24) is 0 Å². The Labute approximate surface area is 129 Å². The number of hydrogen-bond acceptors (Lipinski definition) is 4. The Morgan fingerprint density at radius 1 is 0.909 bits per heavy atom. The van der Waals surface area contributed by atoms with Gasteiger partial charge in [0.25, 0.3) is 0 Å². The van der Waals surface area contributed by atoms with E-state index in [1.165, 1.54) is 13.2 Å². The van der Waals surface area contributed by atoms with Gasteiger partial charge in [-0.25, -0.2) is 0 Å². The van der Waals surface area contributed by atoms with Crippen LogP contribution in [0.3, 0.4) is 0 Å². The summed E-state index contributed by atoms with van der Waals surface area (Å²) in [7, 11) is 4.68. The summed E-state index contributed by atoms with van der Waals surface area (Å²) in [5, 5.41) is 0. The third-order valence-electron chi connectivity index (χ3n) is 3.23. The first kappa shape index (κ1) is 15.6. The van der Waals surface area contributed by atoms with Crippen molar-refractivity contribution in [3.63, 3.8) is 0 Å². The van der Waals surface area contributed by atoms with E-state index in [4.69, 9.17) is 14.2 Å². The van der Waals surface area contributed by atoms with Crippen LogP contribution in [-0.2, 0) is 0 Å². The summed E-state index contributed by atoms with van der Waals surface area (Å²) >= 11 is 0. The van der Waals surface area contributed by atoms with Crippen LogP contribution in [0.2, 0.25) is 0 Å². The maximum Gasteiger partial charge on any atom is 0.189 e. The molecule has 0 saturated carbocycles. The summed E-state index contributed by atoms with van der Waals surface area (Å²) in [4.78, 5) is 12.4. The van der Waals surface area contributed by atoms with Gasteiger partial charge in [0.2, 0.25) is 0 Å². The summed E-state index contributed by atoms with van der Waals surface area (Å²) in [5.74, 6) is 1.66. The Morgan fingerprint density at radius 3 is 2.32 bits per heavy atom. The molecule has 0 aliphatic heterocycles. The highest BCUT2D eigenvalue weighted by molar-refractivity contribution is 6.09. The predicted molar refractivity (Wildman–Crippen MR) is 85.9 cm³/mol. The minimum Gasteiger partial charge on any atom is -0.497 e. The third-order valence-corrected chi connectivity index (χ3v) is 3.23. The number of ether oxygens (including phenoxy) is 3. The fourth-order valence-electron chi connectivity index (χ4n) is 2.07. The minimum atomic E-state index is -0.165. The highest BCUT2D eigenvalue weighted by atomic mass is 16.5. The van der Waals surface area contributed by atoms with Crippen molar-refractivity contribution in [2.24, 2.45) is 0 Å². The standard InChI is InChI=1S/C18H18O4/c1-20-14-9-11-18(22-3)15(12-14)16(19)10-8-13-6-4-5-7-17(13)21-2/h4-12H,1-3H3/b10-8-. The summed E-state index contributed by atoms with van der Waals surface area (Å²) in [5.41, 5.74) is 1.29. The number of ketones is 1. The lowest BCUT2D eigenvalue weighted by Crippen LogP contribution is -2.00. The van der Waals surface area contributed by atoms with Gasteiger partial charge in [0.05, 0.1) is 26.9 Å². The number of methoxy groups -OCH3 is 3. The molecule has 0 radical (unpaired) electrons. The molecule has 0 aliphatic rings. The second-order valence-electron chi connectivity index (χ2n) is 4.51. The normalized spacial score (nSPS) is 10.5. The smallest absolute Gasteiger partial charge is 0.189 e. The summed E-state index contributed by atoms with van der Waals surface area (Å²) in [6, 6.07) is 12.6. The largest absolute Gasteiger partial charge is 0.497 e. The molecular weight excluding hydrogens is 280 g/mol. The lowest BCUT2D eigenvalue weighted by molar-refractivity contribution is 0.104. The molecule has 0 fully saturated rings. The van der Waals surface area contributed by atoms with Crippen LogP contribution in [0, 0.1) is 0 Å². The maximum atomic E-state index is 12.4. The summed E-state index contributed by atoms with van der Waals surface area (Å²) in [6.07, 6.45) is 3.22. The van der Waals surface area contributed by atoms with Crippen molar-refractivity contribution in [3.8, 4) is 17.2 Å². The van der Waals surface area contributed by atoms with E-state index in [1.807, 2.05) is 24.3 Å². The Kier molecular flexibility index (Phi) is 5.20. The Balaban J connectivity index is 2.30. The SMILES string of the molecule is COc1ccc(OC)c(C(=O)/C=C\c2ccccc2OC)c1. The predicted octanol–water partition coefficient (Wildman–Crippen LogP) is 3.61. The number of hydrogen-bond donors (Lipinski definition) is 0. The zero-order valence-corrected chi connectivity index (χ0v) is 12.8. The highest BCUT2D eigenvalue weighted by Gasteiger charge is 2.11. The van der Waals surface area contributed by atoms with Crippen LogP contribution < -0.4 is 14.2 Å². The molecule has 2 aromatic rings. The molecule has 0 unspecified atom stereocenters. The van der Waals surface area contributed by atoms with Gasteiger partial charge in [0.15, 0.2) is 5.78 Å². The molecule has 0 saturated heterocycles. The van der Waals surface area contributed by atoms with E-state index < -0.39 is 0 Å². The van der Waals surface area contributed by atoms with Gasteiger partial charge in [-0.3, -0.25) is 4.79 Å². The molecule has 0 atom stereocenters. The van der Waals surface area contributed by atoms with Crippen LogP contribution >= 0.6 is 0 Å². The van der Waals surface area contributed by atoms with Gasteiger partial charge < -0.3 is 14.2 Å². The van der Waals surface area contributed by atoms with Crippen molar-refractivity contribution in [1.29, 1.82) is 0 Å². The number of benzene rings is 2. The highest BCUT2D eigenvalue weighted by Crippen LogP contribution is 2.25. The van der Waals surface area contributed by atoms with Crippen LogP contribution in [0.5, 0.6) is 17.2 Å². The molecule has 22 heavy (non-hydrogen) atoms. The number of carbonyl (C=O) groups is 1. The first-order valence-corrected chi connectivity index (χ1v) is 6.77. The molecule has 0 amide bonds. The molecule has 2 rings (SSSR count). The average Bonchev–Trinajstić information content (AvgIpc) is 2.59. The molecule has 4 nitrogen and oxygen atoms in total. The van der Waals surface area contributed by atoms with Crippen LogP contribution in [0.15, 0.2) is 48.5 Å². The van der Waals surface area contributed by atoms with E-state index in [0.29, 0.717) is 22.8 Å². The number of carbonyl (C=O) groups excluding carboxylic acids is 1. The fraction of sp³-hybridized carbons (Fsp3) is 0.167. The van der Waals surface area contributed by atoms with E-state index in [1.54, 1.807) is 38.5 Å². The molecule has 0 aliphatic carbocycles. The monoisotopic (exact) mass is 298 g/mol. The van der Waals surface area contributed by atoms with E-state index in [0.717, 1.165) is 5.56 Å². The molecule has 2 aromatic carbocycles. The van der Waals surface area contributed by atoms with Crippen molar-refractivity contribution < 1.29 is 19.0 Å². The van der Waals surface area contributed by atoms with Crippen molar-refractivity contribution >= 4 is 11.9 Å². The molecule has 0 heterocycles. The second kappa shape index (κ2) is 7.31. The van der Waals surface area contributed by atoms with Crippen molar-refractivity contribution in [2.45, 2.75) is 0 Å². The van der Waals surface area contributed by atoms with Gasteiger partial charge in [0.1, 0.15) is 17.2 Å². The van der Waals surface area contributed by atoms with Gasteiger partial charge in [-0.2, -0.15) is 0 Å². The van der Waals surface area contributed by atoms with E-state index in [-0.39, 0.29) is 5.78 Å².